The summed E-state index contributed by atoms with van der Waals surface area (Å²) in [5, 5.41) is 20.9. The number of benzene rings is 1. The molecule has 0 spiro atoms. The molecule has 1 N–H and O–H groups in total. The van der Waals surface area contributed by atoms with E-state index in [1.807, 2.05) is 0 Å². The van der Waals surface area contributed by atoms with Crippen LogP contribution >= 0.6 is 0 Å². The summed E-state index contributed by atoms with van der Waals surface area (Å²) in [7, 11) is -3.45. The van der Waals surface area contributed by atoms with Crippen LogP contribution < -0.4 is 5.69 Å². The maximum absolute atomic E-state index is 13.2. The topological polar surface area (TPSA) is 121 Å². The van der Waals surface area contributed by atoms with E-state index in [-0.39, 0.29) is 24.2 Å². The Bertz CT molecular complexity index is 1380. The molecule has 148 valence electrons. The summed E-state index contributed by atoms with van der Waals surface area (Å²) in [6.07, 6.45) is 2.04. The van der Waals surface area contributed by atoms with Gasteiger partial charge in [0, 0.05) is 18.1 Å². The second kappa shape index (κ2) is 5.92. The van der Waals surface area contributed by atoms with E-state index in [1.54, 1.807) is 37.4 Å². The van der Waals surface area contributed by atoms with Gasteiger partial charge >= 0.3 is 5.69 Å². The van der Waals surface area contributed by atoms with Gasteiger partial charge in [-0.2, -0.15) is 9.57 Å². The fourth-order valence-electron chi connectivity index (χ4n) is 4.54. The Kier molecular flexibility index (Phi) is 3.65. The van der Waals surface area contributed by atoms with Gasteiger partial charge in [-0.3, -0.25) is 9.55 Å². The highest BCUT2D eigenvalue weighted by molar-refractivity contribution is 7.89. The molecule has 10 heteroatoms. The molecule has 2 unspecified atom stereocenters. The molecule has 0 saturated carbocycles. The van der Waals surface area contributed by atoms with Crippen LogP contribution in [0.3, 0.4) is 0 Å². The Morgan fingerprint density at radius 1 is 1.34 bits per heavy atom. The van der Waals surface area contributed by atoms with Crippen LogP contribution in [0.5, 0.6) is 5.88 Å². The van der Waals surface area contributed by atoms with Crippen molar-refractivity contribution in [2.75, 3.05) is 12.3 Å². The third-order valence-corrected chi connectivity index (χ3v) is 7.69. The lowest BCUT2D eigenvalue weighted by Crippen LogP contribution is -2.38. The molecule has 0 aliphatic carbocycles. The van der Waals surface area contributed by atoms with E-state index in [4.69, 9.17) is 0 Å². The maximum Gasteiger partial charge on any atom is 0.336 e. The van der Waals surface area contributed by atoms with Crippen molar-refractivity contribution < 1.29 is 13.5 Å². The van der Waals surface area contributed by atoms with E-state index in [0.29, 0.717) is 34.3 Å². The zero-order valence-electron chi connectivity index (χ0n) is 15.5. The van der Waals surface area contributed by atoms with Crippen LogP contribution in [0.15, 0.2) is 35.3 Å². The Morgan fingerprint density at radius 3 is 2.86 bits per heavy atom. The Morgan fingerprint density at radius 2 is 2.14 bits per heavy atom. The quantitative estimate of drug-likeness (QED) is 0.696. The lowest BCUT2D eigenvalue weighted by molar-refractivity contribution is 0.343. The normalized spacial score (nSPS) is 20.8. The summed E-state index contributed by atoms with van der Waals surface area (Å²) in [6.45, 7) is 1.81. The molecule has 0 amide bonds. The molecule has 1 saturated heterocycles. The molecule has 0 radical (unpaired) electrons. The number of fused-ring (bicyclic) bond motifs is 6. The molecule has 4 heterocycles. The Hall–Kier alpha value is -3.16. The van der Waals surface area contributed by atoms with Gasteiger partial charge in [0.05, 0.1) is 34.6 Å². The third-order valence-electron chi connectivity index (χ3n) is 5.84. The highest BCUT2D eigenvalue weighted by Gasteiger charge is 2.51. The molecule has 2 aromatic heterocycles. The number of aromatic hydroxyl groups is 1. The molecular formula is C19H17N5O4S. The van der Waals surface area contributed by atoms with Crippen LogP contribution in [0.1, 0.15) is 36.7 Å². The lowest BCUT2D eigenvalue weighted by Gasteiger charge is -2.26. The van der Waals surface area contributed by atoms with Gasteiger partial charge in [0.15, 0.2) is 0 Å². The minimum Gasteiger partial charge on any atom is -0.493 e. The predicted octanol–water partition coefficient (Wildman–Crippen LogP) is 1.42. The second-order valence-electron chi connectivity index (χ2n) is 7.22. The van der Waals surface area contributed by atoms with Gasteiger partial charge in [0.1, 0.15) is 11.8 Å². The Labute approximate surface area is 166 Å². The molecule has 5 rings (SSSR count). The molecule has 1 aromatic carbocycles. The number of nitrogens with zero attached hydrogens (tertiary/aromatic N) is 5. The number of imidazole rings is 1. The number of aromatic nitrogens is 3. The van der Waals surface area contributed by atoms with E-state index in [1.165, 1.54) is 13.4 Å². The molecule has 29 heavy (non-hydrogen) atoms. The van der Waals surface area contributed by atoms with Crippen molar-refractivity contribution >= 4 is 20.9 Å². The summed E-state index contributed by atoms with van der Waals surface area (Å²) in [5.41, 5.74) is 1.10. The number of hydrogen-bond acceptors (Lipinski definition) is 6. The highest BCUT2D eigenvalue weighted by atomic mass is 32.2. The number of rotatable bonds is 3. The van der Waals surface area contributed by atoms with E-state index in [2.05, 4.69) is 11.1 Å². The summed E-state index contributed by atoms with van der Waals surface area (Å²) in [4.78, 5) is 17.5. The third kappa shape index (κ3) is 2.25. The first-order valence-corrected chi connectivity index (χ1v) is 10.8. The summed E-state index contributed by atoms with van der Waals surface area (Å²) >= 11 is 0. The van der Waals surface area contributed by atoms with Gasteiger partial charge in [-0.1, -0.05) is 0 Å². The van der Waals surface area contributed by atoms with Crippen molar-refractivity contribution in [3.63, 3.8) is 0 Å². The first-order valence-electron chi connectivity index (χ1n) is 9.22. The zero-order chi connectivity index (χ0) is 20.5. The predicted molar refractivity (Wildman–Crippen MR) is 104 cm³/mol. The molecule has 3 aromatic rings. The SMILES string of the molecule is CCS(=O)(=O)N1CC2CC1c1c(O)n(-c3ccc(C#N)c4ncccc34)c(=O)n12. The lowest BCUT2D eigenvalue weighted by atomic mass is 10.1. The zero-order valence-corrected chi connectivity index (χ0v) is 16.3. The van der Waals surface area contributed by atoms with Crippen molar-refractivity contribution in [1.82, 2.24) is 18.4 Å². The van der Waals surface area contributed by atoms with Crippen molar-refractivity contribution in [3.05, 3.63) is 52.2 Å². The average Bonchev–Trinajstić information content (AvgIpc) is 3.39. The molecule has 2 atom stereocenters. The standard InChI is InChI=1S/C19H17N5O4S/c1-2-29(27,28)22-10-12-8-15(22)17-18(25)24(19(26)23(12)17)14-6-5-11(9-20)16-13(14)4-3-7-21-16/h3-7,12,15,25H,2,8,10H2,1H3. The van der Waals surface area contributed by atoms with Crippen LogP contribution in [-0.2, 0) is 10.0 Å². The molecule has 9 nitrogen and oxygen atoms in total. The number of pyridine rings is 1. The summed E-state index contributed by atoms with van der Waals surface area (Å²) < 4.78 is 28.9. The fraction of sp³-hybridized carbons (Fsp3) is 0.316. The smallest absolute Gasteiger partial charge is 0.336 e. The van der Waals surface area contributed by atoms with E-state index < -0.39 is 21.8 Å². The van der Waals surface area contributed by atoms with Crippen LogP contribution in [0.2, 0.25) is 0 Å². The van der Waals surface area contributed by atoms with Crippen LogP contribution in [0.4, 0.5) is 0 Å². The first kappa shape index (κ1) is 17.9. The van der Waals surface area contributed by atoms with Gasteiger partial charge < -0.3 is 5.11 Å². The van der Waals surface area contributed by atoms with Gasteiger partial charge in [0.2, 0.25) is 15.9 Å². The largest absolute Gasteiger partial charge is 0.493 e. The van der Waals surface area contributed by atoms with Crippen molar-refractivity contribution in [2.24, 2.45) is 0 Å². The van der Waals surface area contributed by atoms with Crippen LogP contribution in [0, 0.1) is 11.3 Å². The fourth-order valence-corrected chi connectivity index (χ4v) is 5.84. The number of nitriles is 1. The second-order valence-corrected chi connectivity index (χ2v) is 9.43. The van der Waals surface area contributed by atoms with E-state index >= 15 is 0 Å². The van der Waals surface area contributed by atoms with Crippen molar-refractivity contribution in [1.29, 1.82) is 5.26 Å². The van der Waals surface area contributed by atoms with E-state index in [0.717, 1.165) is 0 Å². The van der Waals surface area contributed by atoms with Gasteiger partial charge in [-0.25, -0.2) is 17.8 Å². The molecular weight excluding hydrogens is 394 g/mol. The number of sulfonamides is 1. The molecule has 2 bridgehead atoms. The average molecular weight is 411 g/mol. The summed E-state index contributed by atoms with van der Waals surface area (Å²) in [6, 6.07) is 7.80. The molecule has 2 aliphatic heterocycles. The van der Waals surface area contributed by atoms with Gasteiger partial charge in [0.25, 0.3) is 0 Å². The minimum absolute atomic E-state index is 0.0339. The highest BCUT2D eigenvalue weighted by Crippen LogP contribution is 2.49. The Balaban J connectivity index is 1.75. The van der Waals surface area contributed by atoms with Gasteiger partial charge in [-0.15, -0.1) is 0 Å². The van der Waals surface area contributed by atoms with E-state index in [9.17, 15) is 23.6 Å². The summed E-state index contributed by atoms with van der Waals surface area (Å²) in [5.74, 6) is -0.304. The molecule has 2 aliphatic rings. The van der Waals surface area contributed by atoms with Crippen molar-refractivity contribution in [3.8, 4) is 17.6 Å². The van der Waals surface area contributed by atoms with Crippen molar-refractivity contribution in [2.45, 2.75) is 25.4 Å². The monoisotopic (exact) mass is 411 g/mol. The minimum atomic E-state index is -3.45. The maximum atomic E-state index is 13.2. The first-order chi connectivity index (χ1) is 13.9. The molecule has 1 fully saturated rings. The van der Waals surface area contributed by atoms with Gasteiger partial charge in [-0.05, 0) is 37.6 Å². The van der Waals surface area contributed by atoms with Crippen LogP contribution in [0.25, 0.3) is 16.6 Å². The number of hydrogen-bond donors (Lipinski definition) is 1. The van der Waals surface area contributed by atoms with Crippen LogP contribution in [-0.4, -0.2) is 44.2 Å².